The van der Waals surface area contributed by atoms with Crippen LogP contribution in [-0.4, -0.2) is 5.91 Å². The molecule has 3 nitrogen and oxygen atoms in total. The van der Waals surface area contributed by atoms with Crippen molar-refractivity contribution in [1.82, 2.24) is 0 Å². The standard InChI is InChI=1S/C13H10ClNO2/c14-11-5-1-2-6-12(11)15-13(16)8-7-10-4-3-9-17-10/h1-9H,(H,15,16)/b8-7-. The van der Waals surface area contributed by atoms with Gasteiger partial charge in [0, 0.05) is 6.08 Å². The number of benzene rings is 1. The minimum absolute atomic E-state index is 0.255. The molecule has 0 fully saturated rings. The van der Waals surface area contributed by atoms with Crippen LogP contribution in [0.15, 0.2) is 53.2 Å². The topological polar surface area (TPSA) is 42.2 Å². The molecule has 1 amide bonds. The molecule has 4 heteroatoms. The van der Waals surface area contributed by atoms with E-state index in [1.54, 1.807) is 48.7 Å². The van der Waals surface area contributed by atoms with Crippen LogP contribution in [-0.2, 0) is 4.79 Å². The summed E-state index contributed by atoms with van der Waals surface area (Å²) in [4.78, 5) is 11.6. The van der Waals surface area contributed by atoms with Crippen LogP contribution in [0, 0.1) is 0 Å². The van der Waals surface area contributed by atoms with Gasteiger partial charge in [0.15, 0.2) is 0 Å². The highest BCUT2D eigenvalue weighted by atomic mass is 35.5. The molecular formula is C13H10ClNO2. The lowest BCUT2D eigenvalue weighted by Gasteiger charge is -2.03. The zero-order valence-electron chi connectivity index (χ0n) is 8.89. The number of amides is 1. The number of halogens is 1. The molecule has 1 heterocycles. The molecule has 0 unspecified atom stereocenters. The minimum Gasteiger partial charge on any atom is -0.465 e. The molecule has 1 aromatic heterocycles. The average molecular weight is 248 g/mol. The summed E-state index contributed by atoms with van der Waals surface area (Å²) in [7, 11) is 0. The van der Waals surface area contributed by atoms with Crippen LogP contribution in [0.1, 0.15) is 5.76 Å². The maximum atomic E-state index is 11.6. The predicted molar refractivity (Wildman–Crippen MR) is 67.8 cm³/mol. The normalized spacial score (nSPS) is 10.6. The Morgan fingerprint density at radius 3 is 2.76 bits per heavy atom. The molecule has 2 aromatic rings. The van der Waals surface area contributed by atoms with Crippen molar-refractivity contribution in [2.24, 2.45) is 0 Å². The van der Waals surface area contributed by atoms with Crippen molar-refractivity contribution < 1.29 is 9.21 Å². The van der Waals surface area contributed by atoms with E-state index in [0.29, 0.717) is 16.5 Å². The second-order valence-corrected chi connectivity index (χ2v) is 3.73. The first-order valence-electron chi connectivity index (χ1n) is 5.03. The third-order valence-electron chi connectivity index (χ3n) is 2.07. The van der Waals surface area contributed by atoms with Gasteiger partial charge in [-0.25, -0.2) is 0 Å². The van der Waals surface area contributed by atoms with Gasteiger partial charge in [0.1, 0.15) is 5.76 Å². The molecule has 0 saturated heterocycles. The lowest BCUT2D eigenvalue weighted by atomic mass is 10.3. The van der Waals surface area contributed by atoms with E-state index in [1.165, 1.54) is 6.08 Å². The van der Waals surface area contributed by atoms with Gasteiger partial charge in [-0.2, -0.15) is 0 Å². The van der Waals surface area contributed by atoms with Crippen molar-refractivity contribution >= 4 is 29.3 Å². The monoisotopic (exact) mass is 247 g/mol. The van der Waals surface area contributed by atoms with E-state index in [4.69, 9.17) is 16.0 Å². The molecule has 17 heavy (non-hydrogen) atoms. The van der Waals surface area contributed by atoms with Gasteiger partial charge >= 0.3 is 0 Å². The second-order valence-electron chi connectivity index (χ2n) is 3.32. The van der Waals surface area contributed by atoms with Gasteiger partial charge in [0.2, 0.25) is 5.91 Å². The molecular weight excluding hydrogens is 238 g/mol. The summed E-state index contributed by atoms with van der Waals surface area (Å²) in [6.07, 6.45) is 4.53. The third kappa shape index (κ3) is 3.23. The number of carbonyl (C=O) groups is 1. The number of para-hydroxylation sites is 1. The number of furan rings is 1. The van der Waals surface area contributed by atoms with Crippen molar-refractivity contribution in [2.75, 3.05) is 5.32 Å². The van der Waals surface area contributed by atoms with Crippen LogP contribution in [0.4, 0.5) is 5.69 Å². The number of hydrogen-bond acceptors (Lipinski definition) is 2. The molecule has 86 valence electrons. The molecule has 1 aromatic carbocycles. The Morgan fingerprint density at radius 1 is 1.24 bits per heavy atom. The van der Waals surface area contributed by atoms with Crippen molar-refractivity contribution in [3.8, 4) is 0 Å². The number of anilines is 1. The molecule has 0 aliphatic heterocycles. The summed E-state index contributed by atoms with van der Waals surface area (Å²) in [5.41, 5.74) is 0.586. The second kappa shape index (κ2) is 5.37. The van der Waals surface area contributed by atoms with Gasteiger partial charge in [-0.3, -0.25) is 4.79 Å². The van der Waals surface area contributed by atoms with Crippen LogP contribution in [0.3, 0.4) is 0 Å². The highest BCUT2D eigenvalue weighted by molar-refractivity contribution is 6.33. The molecule has 0 radical (unpaired) electrons. The van der Waals surface area contributed by atoms with Gasteiger partial charge in [-0.1, -0.05) is 23.7 Å². The Hall–Kier alpha value is -2.00. The van der Waals surface area contributed by atoms with E-state index in [1.807, 2.05) is 0 Å². The summed E-state index contributed by atoms with van der Waals surface area (Å²) in [5, 5.41) is 3.18. The lowest BCUT2D eigenvalue weighted by molar-refractivity contribution is -0.111. The van der Waals surface area contributed by atoms with Crippen molar-refractivity contribution in [3.63, 3.8) is 0 Å². The highest BCUT2D eigenvalue weighted by Crippen LogP contribution is 2.20. The molecule has 0 bridgehead atoms. The number of nitrogens with one attached hydrogen (secondary N) is 1. The largest absolute Gasteiger partial charge is 0.465 e. The van der Waals surface area contributed by atoms with Gasteiger partial charge in [-0.05, 0) is 30.3 Å². The maximum Gasteiger partial charge on any atom is 0.248 e. The van der Waals surface area contributed by atoms with Crippen LogP contribution < -0.4 is 5.32 Å². The highest BCUT2D eigenvalue weighted by Gasteiger charge is 2.01. The Kier molecular flexibility index (Phi) is 3.62. The first kappa shape index (κ1) is 11.5. The maximum absolute atomic E-state index is 11.6. The molecule has 0 aliphatic carbocycles. The smallest absolute Gasteiger partial charge is 0.248 e. The quantitative estimate of drug-likeness (QED) is 0.843. The Labute approximate surface area is 104 Å². The fraction of sp³-hybridized carbons (Fsp3) is 0. The SMILES string of the molecule is O=C(/C=C\c1ccco1)Nc1ccccc1Cl. The number of carbonyl (C=O) groups excluding carboxylic acids is 1. The predicted octanol–water partition coefficient (Wildman–Crippen LogP) is 3.58. The van der Waals surface area contributed by atoms with E-state index in [-0.39, 0.29) is 5.91 Å². The number of hydrogen-bond donors (Lipinski definition) is 1. The summed E-state index contributed by atoms with van der Waals surface area (Å²) < 4.78 is 5.06. The summed E-state index contributed by atoms with van der Waals surface area (Å²) in [6.45, 7) is 0. The van der Waals surface area contributed by atoms with Crippen LogP contribution >= 0.6 is 11.6 Å². The van der Waals surface area contributed by atoms with E-state index >= 15 is 0 Å². The van der Waals surface area contributed by atoms with Gasteiger partial charge in [0.25, 0.3) is 0 Å². The van der Waals surface area contributed by atoms with Gasteiger partial charge in [-0.15, -0.1) is 0 Å². The van der Waals surface area contributed by atoms with E-state index in [0.717, 1.165) is 0 Å². The minimum atomic E-state index is -0.255. The van der Waals surface area contributed by atoms with Gasteiger partial charge in [0.05, 0.1) is 17.0 Å². The molecule has 2 rings (SSSR count). The Morgan fingerprint density at radius 2 is 2.06 bits per heavy atom. The lowest BCUT2D eigenvalue weighted by Crippen LogP contribution is -2.07. The van der Waals surface area contributed by atoms with Crippen molar-refractivity contribution in [2.45, 2.75) is 0 Å². The summed E-state index contributed by atoms with van der Waals surface area (Å²) >= 11 is 5.91. The van der Waals surface area contributed by atoms with Crippen LogP contribution in [0.2, 0.25) is 5.02 Å². The zero-order chi connectivity index (χ0) is 12.1. The van der Waals surface area contributed by atoms with Gasteiger partial charge < -0.3 is 9.73 Å². The van der Waals surface area contributed by atoms with Crippen LogP contribution in [0.25, 0.3) is 6.08 Å². The molecule has 0 saturated carbocycles. The third-order valence-corrected chi connectivity index (χ3v) is 2.40. The van der Waals surface area contributed by atoms with Crippen molar-refractivity contribution in [1.29, 1.82) is 0 Å². The zero-order valence-corrected chi connectivity index (χ0v) is 9.65. The number of rotatable bonds is 3. The molecule has 0 aliphatic rings. The van der Waals surface area contributed by atoms with E-state index < -0.39 is 0 Å². The first-order chi connectivity index (χ1) is 8.25. The first-order valence-corrected chi connectivity index (χ1v) is 5.40. The van der Waals surface area contributed by atoms with E-state index in [9.17, 15) is 4.79 Å². The Balaban J connectivity index is 2.01. The molecule has 1 N–H and O–H groups in total. The van der Waals surface area contributed by atoms with Crippen LogP contribution in [0.5, 0.6) is 0 Å². The molecule has 0 spiro atoms. The van der Waals surface area contributed by atoms with E-state index in [2.05, 4.69) is 5.32 Å². The fourth-order valence-corrected chi connectivity index (χ4v) is 1.46. The fourth-order valence-electron chi connectivity index (χ4n) is 1.28. The summed E-state index contributed by atoms with van der Waals surface area (Å²) in [6, 6.07) is 10.6. The Bertz CT molecular complexity index is 532. The average Bonchev–Trinajstić information content (AvgIpc) is 2.82. The van der Waals surface area contributed by atoms with Crippen molar-refractivity contribution in [3.05, 3.63) is 59.5 Å². The molecule has 0 atom stereocenters. The summed E-state index contributed by atoms with van der Waals surface area (Å²) in [5.74, 6) is 0.369.